The first-order valence-corrected chi connectivity index (χ1v) is 3.45. The molecule has 0 bridgehead atoms. The normalized spacial score (nSPS) is 36.0. The SMILES string of the molecule is CC(C)[C@H]1C[C@@H]1CN. The van der Waals surface area contributed by atoms with E-state index in [0.29, 0.717) is 0 Å². The molecule has 0 spiro atoms. The maximum Gasteiger partial charge on any atom is -0.00460 e. The van der Waals surface area contributed by atoms with Crippen molar-refractivity contribution < 1.29 is 0 Å². The zero-order chi connectivity index (χ0) is 6.15. The first-order valence-electron chi connectivity index (χ1n) is 3.45. The Labute approximate surface area is 51.3 Å². The molecule has 1 fully saturated rings. The van der Waals surface area contributed by atoms with Crippen molar-refractivity contribution in [2.75, 3.05) is 6.54 Å². The van der Waals surface area contributed by atoms with Crippen LogP contribution in [0.25, 0.3) is 0 Å². The van der Waals surface area contributed by atoms with Crippen LogP contribution in [0.5, 0.6) is 0 Å². The third kappa shape index (κ3) is 1.03. The first-order chi connectivity index (χ1) is 3.75. The number of hydrogen-bond acceptors (Lipinski definition) is 1. The molecule has 1 heteroatoms. The molecule has 0 heterocycles. The minimum Gasteiger partial charge on any atom is -0.330 e. The molecule has 1 saturated carbocycles. The average molecular weight is 113 g/mol. The van der Waals surface area contributed by atoms with Crippen LogP contribution in [0, 0.1) is 17.8 Å². The lowest BCUT2D eigenvalue weighted by molar-refractivity contribution is 0.520. The van der Waals surface area contributed by atoms with Crippen LogP contribution in [0.15, 0.2) is 0 Å². The van der Waals surface area contributed by atoms with E-state index in [9.17, 15) is 0 Å². The van der Waals surface area contributed by atoms with Gasteiger partial charge in [0.25, 0.3) is 0 Å². The minimum absolute atomic E-state index is 0.864. The summed E-state index contributed by atoms with van der Waals surface area (Å²) in [5.41, 5.74) is 5.46. The molecule has 0 aromatic rings. The van der Waals surface area contributed by atoms with Crippen molar-refractivity contribution in [1.82, 2.24) is 0 Å². The Morgan fingerprint density at radius 2 is 2.25 bits per heavy atom. The van der Waals surface area contributed by atoms with Crippen LogP contribution in [0.2, 0.25) is 0 Å². The number of nitrogens with two attached hydrogens (primary N) is 1. The highest BCUT2D eigenvalue weighted by Gasteiger charge is 2.37. The molecule has 0 aliphatic heterocycles. The average Bonchev–Trinajstić information content (AvgIpc) is 2.42. The fourth-order valence-electron chi connectivity index (χ4n) is 1.36. The summed E-state index contributed by atoms with van der Waals surface area (Å²) in [4.78, 5) is 0. The highest BCUT2D eigenvalue weighted by molar-refractivity contribution is 4.88. The zero-order valence-electron chi connectivity index (χ0n) is 5.72. The largest absolute Gasteiger partial charge is 0.330 e. The molecule has 2 N–H and O–H groups in total. The van der Waals surface area contributed by atoms with Crippen molar-refractivity contribution in [2.24, 2.45) is 23.5 Å². The molecule has 1 nitrogen and oxygen atoms in total. The second-order valence-corrected chi connectivity index (χ2v) is 3.14. The smallest absolute Gasteiger partial charge is 0.00460 e. The third-order valence-corrected chi connectivity index (χ3v) is 2.14. The second kappa shape index (κ2) is 2.06. The lowest BCUT2D eigenvalue weighted by atomic mass is 10.1. The quantitative estimate of drug-likeness (QED) is 0.573. The minimum atomic E-state index is 0.864. The van der Waals surface area contributed by atoms with E-state index in [1.807, 2.05) is 0 Å². The van der Waals surface area contributed by atoms with Gasteiger partial charge in [0.05, 0.1) is 0 Å². The topological polar surface area (TPSA) is 26.0 Å². The summed E-state index contributed by atoms with van der Waals surface area (Å²) in [5.74, 6) is 2.69. The monoisotopic (exact) mass is 113 g/mol. The van der Waals surface area contributed by atoms with Gasteiger partial charge in [0.15, 0.2) is 0 Å². The fraction of sp³-hybridized carbons (Fsp3) is 1.00. The maximum absolute atomic E-state index is 5.46. The molecule has 0 radical (unpaired) electrons. The van der Waals surface area contributed by atoms with E-state index in [1.165, 1.54) is 6.42 Å². The zero-order valence-corrected chi connectivity index (χ0v) is 5.72. The molecule has 48 valence electrons. The van der Waals surface area contributed by atoms with E-state index in [-0.39, 0.29) is 0 Å². The van der Waals surface area contributed by atoms with Gasteiger partial charge in [0.2, 0.25) is 0 Å². The maximum atomic E-state index is 5.46. The van der Waals surface area contributed by atoms with Crippen molar-refractivity contribution >= 4 is 0 Å². The van der Waals surface area contributed by atoms with Crippen molar-refractivity contribution in [3.63, 3.8) is 0 Å². The first kappa shape index (κ1) is 6.09. The molecule has 1 rings (SSSR count). The van der Waals surface area contributed by atoms with Crippen molar-refractivity contribution in [1.29, 1.82) is 0 Å². The molecule has 2 atom stereocenters. The molecule has 0 amide bonds. The van der Waals surface area contributed by atoms with Crippen molar-refractivity contribution in [3.8, 4) is 0 Å². The van der Waals surface area contributed by atoms with Gasteiger partial charge in [-0.3, -0.25) is 0 Å². The molecule has 8 heavy (non-hydrogen) atoms. The van der Waals surface area contributed by atoms with Gasteiger partial charge in [-0.2, -0.15) is 0 Å². The predicted molar refractivity (Wildman–Crippen MR) is 35.5 cm³/mol. The van der Waals surface area contributed by atoms with Crippen LogP contribution >= 0.6 is 0 Å². The lowest BCUT2D eigenvalue weighted by Crippen LogP contribution is -2.04. The summed E-state index contributed by atoms with van der Waals surface area (Å²) in [7, 11) is 0. The molecular formula is C7H15N. The van der Waals surface area contributed by atoms with E-state index in [0.717, 1.165) is 24.3 Å². The van der Waals surface area contributed by atoms with Gasteiger partial charge in [-0.05, 0) is 30.7 Å². The Balaban J connectivity index is 2.16. The van der Waals surface area contributed by atoms with Crippen LogP contribution in [-0.2, 0) is 0 Å². The van der Waals surface area contributed by atoms with Crippen molar-refractivity contribution in [3.05, 3.63) is 0 Å². The molecular weight excluding hydrogens is 98.1 g/mol. The standard InChI is InChI=1S/C7H15N/c1-5(2)7-3-6(7)4-8/h5-7H,3-4,8H2,1-2H3/t6-,7-/m1/s1. The summed E-state index contributed by atoms with van der Waals surface area (Å²) in [6, 6.07) is 0. The Morgan fingerprint density at radius 1 is 1.62 bits per heavy atom. The molecule has 1 aliphatic carbocycles. The highest BCUT2D eigenvalue weighted by Crippen LogP contribution is 2.42. The lowest BCUT2D eigenvalue weighted by Gasteiger charge is -1.98. The summed E-state index contributed by atoms with van der Waals surface area (Å²) >= 11 is 0. The van der Waals surface area contributed by atoms with E-state index < -0.39 is 0 Å². The highest BCUT2D eigenvalue weighted by atomic mass is 14.6. The summed E-state index contributed by atoms with van der Waals surface area (Å²) in [6.07, 6.45) is 1.38. The van der Waals surface area contributed by atoms with Crippen molar-refractivity contribution in [2.45, 2.75) is 20.3 Å². The van der Waals surface area contributed by atoms with E-state index >= 15 is 0 Å². The fourth-order valence-corrected chi connectivity index (χ4v) is 1.36. The van der Waals surface area contributed by atoms with Crippen LogP contribution in [0.1, 0.15) is 20.3 Å². The number of rotatable bonds is 2. The Kier molecular flexibility index (Phi) is 1.57. The molecule has 0 aromatic carbocycles. The van der Waals surface area contributed by atoms with E-state index in [2.05, 4.69) is 13.8 Å². The molecule has 0 aromatic heterocycles. The Morgan fingerprint density at radius 3 is 2.38 bits per heavy atom. The van der Waals surface area contributed by atoms with Crippen LogP contribution in [-0.4, -0.2) is 6.54 Å². The predicted octanol–water partition coefficient (Wildman–Crippen LogP) is 1.24. The van der Waals surface area contributed by atoms with Gasteiger partial charge in [-0.15, -0.1) is 0 Å². The van der Waals surface area contributed by atoms with E-state index in [1.54, 1.807) is 0 Å². The Bertz CT molecular complexity index is 78.5. The van der Waals surface area contributed by atoms with Gasteiger partial charge < -0.3 is 5.73 Å². The number of hydrogen-bond donors (Lipinski definition) is 1. The summed E-state index contributed by atoms with van der Waals surface area (Å²) in [6.45, 7) is 5.46. The van der Waals surface area contributed by atoms with Crippen LogP contribution in [0.3, 0.4) is 0 Å². The van der Waals surface area contributed by atoms with Gasteiger partial charge >= 0.3 is 0 Å². The van der Waals surface area contributed by atoms with Gasteiger partial charge in [0.1, 0.15) is 0 Å². The van der Waals surface area contributed by atoms with Crippen LogP contribution in [0.4, 0.5) is 0 Å². The van der Waals surface area contributed by atoms with Gasteiger partial charge in [0, 0.05) is 0 Å². The van der Waals surface area contributed by atoms with E-state index in [4.69, 9.17) is 5.73 Å². The molecule has 0 unspecified atom stereocenters. The Hall–Kier alpha value is -0.0400. The van der Waals surface area contributed by atoms with Gasteiger partial charge in [-0.25, -0.2) is 0 Å². The molecule has 1 aliphatic rings. The third-order valence-electron chi connectivity index (χ3n) is 2.14. The van der Waals surface area contributed by atoms with Crippen LogP contribution < -0.4 is 5.73 Å². The van der Waals surface area contributed by atoms with Gasteiger partial charge in [-0.1, -0.05) is 13.8 Å². The second-order valence-electron chi connectivity index (χ2n) is 3.14. The summed E-state index contributed by atoms with van der Waals surface area (Å²) in [5, 5.41) is 0. The summed E-state index contributed by atoms with van der Waals surface area (Å²) < 4.78 is 0. The molecule has 0 saturated heterocycles.